The summed E-state index contributed by atoms with van der Waals surface area (Å²) in [6.07, 6.45) is 0. The van der Waals surface area contributed by atoms with Crippen molar-refractivity contribution in [3.8, 4) is 0 Å². The number of nitrogens with two attached hydrogens (primary N) is 1. The van der Waals surface area contributed by atoms with Crippen LogP contribution in [0.25, 0.3) is 0 Å². The quantitative estimate of drug-likeness (QED) is 0.599. The van der Waals surface area contributed by atoms with Crippen LogP contribution in [0.2, 0.25) is 0 Å². The van der Waals surface area contributed by atoms with Crippen molar-refractivity contribution in [1.82, 2.24) is 4.72 Å². The van der Waals surface area contributed by atoms with Crippen molar-refractivity contribution in [2.45, 2.75) is 4.90 Å². The SMILES string of the molecule is COCCNS(=O)(=O)c1c(F)cc(N)cc1F. The molecule has 5 nitrogen and oxygen atoms in total. The van der Waals surface area contributed by atoms with Gasteiger partial charge < -0.3 is 10.5 Å². The third-order valence-corrected chi connectivity index (χ3v) is 3.40. The van der Waals surface area contributed by atoms with Gasteiger partial charge in [0, 0.05) is 19.3 Å². The number of anilines is 1. The summed E-state index contributed by atoms with van der Waals surface area (Å²) in [6, 6.07) is 1.49. The van der Waals surface area contributed by atoms with Crippen LogP contribution in [0.4, 0.5) is 14.5 Å². The van der Waals surface area contributed by atoms with Crippen molar-refractivity contribution >= 4 is 15.7 Å². The van der Waals surface area contributed by atoms with Gasteiger partial charge >= 0.3 is 0 Å². The summed E-state index contributed by atoms with van der Waals surface area (Å²) in [5.74, 6) is -2.46. The minimum Gasteiger partial charge on any atom is -0.399 e. The van der Waals surface area contributed by atoms with E-state index >= 15 is 0 Å². The first kappa shape index (κ1) is 13.8. The minimum atomic E-state index is -4.25. The molecule has 0 spiro atoms. The van der Waals surface area contributed by atoms with Gasteiger partial charge in [0.25, 0.3) is 0 Å². The predicted molar refractivity (Wildman–Crippen MR) is 57.8 cm³/mol. The molecule has 0 amide bonds. The third-order valence-electron chi connectivity index (χ3n) is 1.89. The Hall–Kier alpha value is -1.25. The highest BCUT2D eigenvalue weighted by molar-refractivity contribution is 7.89. The molecule has 1 rings (SSSR count). The average Bonchev–Trinajstić information content (AvgIpc) is 2.15. The van der Waals surface area contributed by atoms with Crippen LogP contribution in [0.15, 0.2) is 17.0 Å². The Morgan fingerprint density at radius 3 is 2.35 bits per heavy atom. The number of hydrogen-bond donors (Lipinski definition) is 2. The molecule has 96 valence electrons. The fourth-order valence-corrected chi connectivity index (χ4v) is 2.31. The first-order valence-corrected chi connectivity index (χ1v) is 6.10. The molecule has 0 atom stereocenters. The molecule has 0 heterocycles. The largest absolute Gasteiger partial charge is 0.399 e. The van der Waals surface area contributed by atoms with E-state index < -0.39 is 26.6 Å². The maximum atomic E-state index is 13.3. The lowest BCUT2D eigenvalue weighted by Crippen LogP contribution is -2.28. The summed E-state index contributed by atoms with van der Waals surface area (Å²) in [7, 11) is -2.87. The van der Waals surface area contributed by atoms with E-state index in [4.69, 9.17) is 5.73 Å². The first-order chi connectivity index (χ1) is 7.88. The first-order valence-electron chi connectivity index (χ1n) is 4.61. The molecule has 0 aliphatic rings. The summed E-state index contributed by atoms with van der Waals surface area (Å²) in [4.78, 5) is -1.04. The van der Waals surface area contributed by atoms with Crippen LogP contribution in [-0.2, 0) is 14.8 Å². The number of methoxy groups -OCH3 is 1. The third kappa shape index (κ3) is 3.35. The highest BCUT2D eigenvalue weighted by Crippen LogP contribution is 2.21. The van der Waals surface area contributed by atoms with Gasteiger partial charge in [-0.1, -0.05) is 0 Å². The molecule has 8 heteroatoms. The van der Waals surface area contributed by atoms with Crippen LogP contribution in [0.1, 0.15) is 0 Å². The molecular formula is C9H12F2N2O3S. The molecule has 0 unspecified atom stereocenters. The Morgan fingerprint density at radius 1 is 1.35 bits per heavy atom. The summed E-state index contributed by atoms with van der Waals surface area (Å²) in [5.41, 5.74) is 4.99. The minimum absolute atomic E-state index is 0.0813. The molecule has 0 bridgehead atoms. The number of nitrogens with one attached hydrogen (secondary N) is 1. The zero-order valence-corrected chi connectivity index (χ0v) is 9.85. The van der Waals surface area contributed by atoms with E-state index in [1.807, 2.05) is 4.72 Å². The second kappa shape index (κ2) is 5.39. The Balaban J connectivity index is 3.07. The molecule has 3 N–H and O–H groups in total. The summed E-state index contributed by atoms with van der Waals surface area (Å²) < 4.78 is 56.5. The fraction of sp³-hybridized carbons (Fsp3) is 0.333. The van der Waals surface area contributed by atoms with Gasteiger partial charge in [0.05, 0.1) is 6.61 Å². The molecule has 17 heavy (non-hydrogen) atoms. The molecule has 1 aromatic carbocycles. The number of benzene rings is 1. The number of nitrogen functional groups attached to an aromatic ring is 1. The van der Waals surface area contributed by atoms with Gasteiger partial charge in [-0.05, 0) is 12.1 Å². The topological polar surface area (TPSA) is 81.4 Å². The second-order valence-corrected chi connectivity index (χ2v) is 4.91. The van der Waals surface area contributed by atoms with Gasteiger partial charge in [-0.25, -0.2) is 21.9 Å². The number of halogens is 2. The second-order valence-electron chi connectivity index (χ2n) is 3.20. The molecule has 1 aromatic rings. The maximum absolute atomic E-state index is 13.3. The molecule has 0 saturated carbocycles. The summed E-state index contributed by atoms with van der Waals surface area (Å²) in [5, 5.41) is 0. The molecule has 0 fully saturated rings. The van der Waals surface area contributed by atoms with Crippen molar-refractivity contribution in [2.24, 2.45) is 0 Å². The van der Waals surface area contributed by atoms with Crippen LogP contribution in [-0.4, -0.2) is 28.7 Å². The van der Waals surface area contributed by atoms with E-state index in [1.165, 1.54) is 7.11 Å². The summed E-state index contributed by atoms with van der Waals surface area (Å²) >= 11 is 0. The van der Waals surface area contributed by atoms with E-state index in [0.717, 1.165) is 12.1 Å². The number of ether oxygens (including phenoxy) is 1. The number of hydrogen-bond acceptors (Lipinski definition) is 4. The molecular weight excluding hydrogens is 254 g/mol. The standard InChI is InChI=1S/C9H12F2N2O3S/c1-16-3-2-13-17(14,15)9-7(10)4-6(12)5-8(9)11/h4-5,13H,2-3,12H2,1H3. The lowest BCUT2D eigenvalue weighted by atomic mass is 10.3. The van der Waals surface area contributed by atoms with Gasteiger partial charge in [-0.3, -0.25) is 0 Å². The van der Waals surface area contributed by atoms with Crippen LogP contribution >= 0.6 is 0 Å². The lowest BCUT2D eigenvalue weighted by Gasteiger charge is -2.08. The number of sulfonamides is 1. The fourth-order valence-electron chi connectivity index (χ4n) is 1.19. The van der Waals surface area contributed by atoms with Crippen molar-refractivity contribution in [3.05, 3.63) is 23.8 Å². The van der Waals surface area contributed by atoms with Crippen molar-refractivity contribution in [2.75, 3.05) is 26.0 Å². The van der Waals surface area contributed by atoms with Crippen molar-refractivity contribution < 1.29 is 21.9 Å². The van der Waals surface area contributed by atoms with Gasteiger partial charge in [0.1, 0.15) is 11.6 Å². The Morgan fingerprint density at radius 2 is 1.88 bits per heavy atom. The Kier molecular flexibility index (Phi) is 4.38. The zero-order valence-electron chi connectivity index (χ0n) is 9.04. The maximum Gasteiger partial charge on any atom is 0.246 e. The van der Waals surface area contributed by atoms with E-state index in [-0.39, 0.29) is 18.8 Å². The summed E-state index contributed by atoms with van der Waals surface area (Å²) in [6.45, 7) is 0.0134. The van der Waals surface area contributed by atoms with Crippen molar-refractivity contribution in [1.29, 1.82) is 0 Å². The average molecular weight is 266 g/mol. The number of rotatable bonds is 5. The van der Waals surface area contributed by atoms with Crippen LogP contribution in [0.5, 0.6) is 0 Å². The van der Waals surface area contributed by atoms with Gasteiger partial charge in [0.15, 0.2) is 4.90 Å². The van der Waals surface area contributed by atoms with Gasteiger partial charge in [-0.2, -0.15) is 0 Å². The van der Waals surface area contributed by atoms with Crippen LogP contribution < -0.4 is 10.5 Å². The van der Waals surface area contributed by atoms with Crippen molar-refractivity contribution in [3.63, 3.8) is 0 Å². The van der Waals surface area contributed by atoms with E-state index in [1.54, 1.807) is 0 Å². The molecule has 0 radical (unpaired) electrons. The van der Waals surface area contributed by atoms with Crippen LogP contribution in [0, 0.1) is 11.6 Å². The predicted octanol–water partition coefficient (Wildman–Crippen LogP) is 0.472. The lowest BCUT2D eigenvalue weighted by molar-refractivity contribution is 0.204. The molecule has 0 aromatic heterocycles. The molecule has 0 saturated heterocycles. The van der Waals surface area contributed by atoms with E-state index in [2.05, 4.69) is 4.74 Å². The Labute approximate surface area is 97.6 Å². The van der Waals surface area contributed by atoms with E-state index in [9.17, 15) is 17.2 Å². The molecule has 0 aliphatic carbocycles. The monoisotopic (exact) mass is 266 g/mol. The zero-order chi connectivity index (χ0) is 13.1. The Bertz CT molecular complexity index is 482. The van der Waals surface area contributed by atoms with Gasteiger partial charge in [-0.15, -0.1) is 0 Å². The molecule has 0 aliphatic heterocycles. The van der Waals surface area contributed by atoms with Crippen LogP contribution in [0.3, 0.4) is 0 Å². The highest BCUT2D eigenvalue weighted by atomic mass is 32.2. The van der Waals surface area contributed by atoms with E-state index in [0.29, 0.717) is 0 Å². The smallest absolute Gasteiger partial charge is 0.246 e. The van der Waals surface area contributed by atoms with Gasteiger partial charge in [0.2, 0.25) is 10.0 Å². The normalized spacial score (nSPS) is 11.7. The highest BCUT2D eigenvalue weighted by Gasteiger charge is 2.24.